The van der Waals surface area contributed by atoms with Crippen molar-refractivity contribution in [3.05, 3.63) is 59.9 Å². The monoisotopic (exact) mass is 328 g/mol. The van der Waals surface area contributed by atoms with Crippen LogP contribution in [0, 0.1) is 5.82 Å². The number of carbonyl (C=O) groups is 2. The highest BCUT2D eigenvalue weighted by atomic mass is 19.1. The van der Waals surface area contributed by atoms with Gasteiger partial charge in [-0.25, -0.2) is 4.39 Å². The minimum Gasteiger partial charge on any atom is -0.479 e. The molecule has 24 heavy (non-hydrogen) atoms. The zero-order valence-electron chi connectivity index (χ0n) is 13.2. The van der Waals surface area contributed by atoms with E-state index in [1.807, 2.05) is 6.07 Å². The van der Waals surface area contributed by atoms with Gasteiger partial charge in [0.05, 0.1) is 5.69 Å². The molecule has 124 valence electrons. The van der Waals surface area contributed by atoms with E-state index in [0.717, 1.165) is 5.56 Å². The minimum absolute atomic E-state index is 0.0925. The van der Waals surface area contributed by atoms with E-state index < -0.39 is 6.10 Å². The van der Waals surface area contributed by atoms with E-state index in [0.29, 0.717) is 11.4 Å². The molecule has 1 N–H and O–H groups in total. The number of carbonyl (C=O) groups excluding carboxylic acids is 2. The van der Waals surface area contributed by atoms with Crippen molar-refractivity contribution in [2.45, 2.75) is 19.6 Å². The molecule has 5 nitrogen and oxygen atoms in total. The first kappa shape index (κ1) is 16.0. The number of para-hydroxylation sites is 2. The highest BCUT2D eigenvalue weighted by Gasteiger charge is 2.32. The number of amides is 2. The predicted molar refractivity (Wildman–Crippen MR) is 87.1 cm³/mol. The number of nitrogens with one attached hydrogen (secondary N) is 1. The molecular weight excluding hydrogens is 311 g/mol. The second kappa shape index (κ2) is 6.70. The zero-order valence-corrected chi connectivity index (χ0v) is 13.2. The van der Waals surface area contributed by atoms with Crippen LogP contribution in [-0.4, -0.2) is 24.5 Å². The van der Waals surface area contributed by atoms with Crippen LogP contribution >= 0.6 is 0 Å². The summed E-state index contributed by atoms with van der Waals surface area (Å²) in [4.78, 5) is 25.9. The predicted octanol–water partition coefficient (Wildman–Crippen LogP) is 2.26. The molecule has 1 aliphatic rings. The number of hydrogen-bond acceptors (Lipinski definition) is 3. The molecule has 6 heteroatoms. The van der Waals surface area contributed by atoms with Gasteiger partial charge in [0.25, 0.3) is 5.91 Å². The lowest BCUT2D eigenvalue weighted by molar-refractivity contribution is -0.128. The normalized spacial score (nSPS) is 16.3. The summed E-state index contributed by atoms with van der Waals surface area (Å²) in [5, 5.41) is 2.74. The van der Waals surface area contributed by atoms with E-state index in [1.54, 1.807) is 37.3 Å². The molecule has 1 aliphatic heterocycles. The number of nitrogens with zero attached hydrogens (tertiary/aromatic N) is 1. The van der Waals surface area contributed by atoms with Crippen LogP contribution in [0.1, 0.15) is 12.5 Å². The van der Waals surface area contributed by atoms with Crippen LogP contribution in [0.5, 0.6) is 5.75 Å². The summed E-state index contributed by atoms with van der Waals surface area (Å²) in [6, 6.07) is 13.0. The fourth-order valence-corrected chi connectivity index (χ4v) is 2.52. The Bertz CT molecular complexity index is 761. The maximum Gasteiger partial charge on any atom is 0.268 e. The first-order chi connectivity index (χ1) is 11.5. The third-order valence-corrected chi connectivity index (χ3v) is 3.78. The summed E-state index contributed by atoms with van der Waals surface area (Å²) >= 11 is 0. The SMILES string of the molecule is C[C@H]1Oc2ccccc2N(CC(=O)NCc2ccc(F)cc2)C1=O. The van der Waals surface area contributed by atoms with Gasteiger partial charge in [-0.1, -0.05) is 24.3 Å². The Kier molecular flexibility index (Phi) is 4.46. The largest absolute Gasteiger partial charge is 0.479 e. The Morgan fingerprint density at radius 3 is 2.67 bits per heavy atom. The van der Waals surface area contributed by atoms with Crippen molar-refractivity contribution in [3.63, 3.8) is 0 Å². The fraction of sp³-hybridized carbons (Fsp3) is 0.222. The van der Waals surface area contributed by atoms with E-state index in [2.05, 4.69) is 5.32 Å². The number of anilines is 1. The standard InChI is InChI=1S/C18H17FN2O3/c1-12-18(23)21(15-4-2-3-5-16(15)24-12)11-17(22)20-10-13-6-8-14(19)9-7-13/h2-9,12H,10-11H2,1H3,(H,20,22)/t12-/m1/s1. The van der Waals surface area contributed by atoms with Gasteiger partial charge in [-0.15, -0.1) is 0 Å². The highest BCUT2D eigenvalue weighted by molar-refractivity contribution is 6.03. The molecule has 1 atom stereocenters. The van der Waals surface area contributed by atoms with Gasteiger partial charge < -0.3 is 10.1 Å². The third-order valence-electron chi connectivity index (χ3n) is 3.78. The molecule has 0 fully saturated rings. The third kappa shape index (κ3) is 3.37. The lowest BCUT2D eigenvalue weighted by atomic mass is 10.2. The lowest BCUT2D eigenvalue weighted by Crippen LogP contribution is -2.48. The average Bonchev–Trinajstić information content (AvgIpc) is 2.58. The smallest absolute Gasteiger partial charge is 0.268 e. The molecule has 2 aromatic rings. The summed E-state index contributed by atoms with van der Waals surface area (Å²) in [6.45, 7) is 1.83. The summed E-state index contributed by atoms with van der Waals surface area (Å²) < 4.78 is 18.4. The van der Waals surface area contributed by atoms with Crippen LogP contribution in [0.2, 0.25) is 0 Å². The van der Waals surface area contributed by atoms with Gasteiger partial charge in [0.1, 0.15) is 18.1 Å². The fourth-order valence-electron chi connectivity index (χ4n) is 2.52. The highest BCUT2D eigenvalue weighted by Crippen LogP contribution is 2.33. The van der Waals surface area contributed by atoms with Gasteiger partial charge in [0.15, 0.2) is 6.10 Å². The van der Waals surface area contributed by atoms with Gasteiger partial charge in [0.2, 0.25) is 5.91 Å². The zero-order chi connectivity index (χ0) is 17.1. The van der Waals surface area contributed by atoms with Crippen LogP contribution in [-0.2, 0) is 16.1 Å². The maximum absolute atomic E-state index is 12.9. The summed E-state index contributed by atoms with van der Waals surface area (Å²) in [5.74, 6) is -0.298. The molecule has 0 aromatic heterocycles. The second-order valence-corrected chi connectivity index (χ2v) is 5.56. The van der Waals surface area contributed by atoms with Crippen molar-refractivity contribution in [1.29, 1.82) is 0 Å². The Hall–Kier alpha value is -2.89. The van der Waals surface area contributed by atoms with E-state index in [4.69, 9.17) is 4.74 Å². The number of hydrogen-bond donors (Lipinski definition) is 1. The van der Waals surface area contributed by atoms with Gasteiger partial charge in [0, 0.05) is 6.54 Å². The van der Waals surface area contributed by atoms with Gasteiger partial charge in [-0.05, 0) is 36.8 Å². The molecule has 0 unspecified atom stereocenters. The van der Waals surface area contributed by atoms with E-state index >= 15 is 0 Å². The molecule has 0 saturated carbocycles. The van der Waals surface area contributed by atoms with Gasteiger partial charge in [-0.2, -0.15) is 0 Å². The van der Waals surface area contributed by atoms with E-state index in [-0.39, 0.29) is 30.7 Å². The molecule has 0 saturated heterocycles. The van der Waals surface area contributed by atoms with Gasteiger partial charge in [-0.3, -0.25) is 14.5 Å². The number of rotatable bonds is 4. The first-order valence-corrected chi connectivity index (χ1v) is 7.63. The van der Waals surface area contributed by atoms with Crippen LogP contribution in [0.15, 0.2) is 48.5 Å². The van der Waals surface area contributed by atoms with Crippen molar-refractivity contribution in [2.24, 2.45) is 0 Å². The topological polar surface area (TPSA) is 58.6 Å². The second-order valence-electron chi connectivity index (χ2n) is 5.56. The number of benzene rings is 2. The molecule has 0 spiro atoms. The van der Waals surface area contributed by atoms with Crippen LogP contribution < -0.4 is 15.0 Å². The summed E-state index contributed by atoms with van der Waals surface area (Å²) in [6.07, 6.45) is -0.634. The Morgan fingerprint density at radius 2 is 1.92 bits per heavy atom. The molecule has 2 amide bonds. The van der Waals surface area contributed by atoms with E-state index in [1.165, 1.54) is 17.0 Å². The molecular formula is C18H17FN2O3. The minimum atomic E-state index is -0.634. The van der Waals surface area contributed by atoms with Crippen molar-refractivity contribution in [2.75, 3.05) is 11.4 Å². The quantitative estimate of drug-likeness (QED) is 0.936. The summed E-state index contributed by atoms with van der Waals surface area (Å²) in [5.41, 5.74) is 1.37. The lowest BCUT2D eigenvalue weighted by Gasteiger charge is -2.32. The van der Waals surface area contributed by atoms with Crippen molar-refractivity contribution < 1.29 is 18.7 Å². The molecule has 0 bridgehead atoms. The van der Waals surface area contributed by atoms with Crippen molar-refractivity contribution >= 4 is 17.5 Å². The molecule has 0 aliphatic carbocycles. The average molecular weight is 328 g/mol. The molecule has 2 aromatic carbocycles. The maximum atomic E-state index is 12.9. The Balaban J connectivity index is 1.67. The molecule has 3 rings (SSSR count). The molecule has 0 radical (unpaired) electrons. The Labute approximate surface area is 139 Å². The summed E-state index contributed by atoms with van der Waals surface area (Å²) in [7, 11) is 0. The Morgan fingerprint density at radius 1 is 1.21 bits per heavy atom. The van der Waals surface area contributed by atoms with Gasteiger partial charge >= 0.3 is 0 Å². The van der Waals surface area contributed by atoms with Crippen LogP contribution in [0.4, 0.5) is 10.1 Å². The van der Waals surface area contributed by atoms with Crippen LogP contribution in [0.3, 0.4) is 0 Å². The first-order valence-electron chi connectivity index (χ1n) is 7.63. The number of halogens is 1. The molecule has 1 heterocycles. The number of ether oxygens (including phenoxy) is 1. The van der Waals surface area contributed by atoms with Crippen molar-refractivity contribution in [3.8, 4) is 5.75 Å². The number of fused-ring (bicyclic) bond motifs is 1. The van der Waals surface area contributed by atoms with Crippen LogP contribution in [0.25, 0.3) is 0 Å². The van der Waals surface area contributed by atoms with Crippen molar-refractivity contribution in [1.82, 2.24) is 5.32 Å². The van der Waals surface area contributed by atoms with E-state index in [9.17, 15) is 14.0 Å².